The second kappa shape index (κ2) is 5.29. The van der Waals surface area contributed by atoms with E-state index in [9.17, 15) is 8.42 Å². The fraction of sp³-hybridized carbons (Fsp3) is 0.667. The van der Waals surface area contributed by atoms with Gasteiger partial charge in [-0.25, -0.2) is 0 Å². The van der Waals surface area contributed by atoms with Crippen molar-refractivity contribution in [3.63, 3.8) is 0 Å². The molecule has 0 aromatic carbocycles. The maximum absolute atomic E-state index is 10.8. The minimum atomic E-state index is -3.36. The molecule has 1 N–H and O–H groups in total. The van der Waals surface area contributed by atoms with Crippen LogP contribution >= 0.6 is 0 Å². The van der Waals surface area contributed by atoms with Crippen LogP contribution in [-0.4, -0.2) is 20.7 Å². The van der Waals surface area contributed by atoms with Crippen LogP contribution < -0.4 is 5.48 Å². The highest BCUT2D eigenvalue weighted by Crippen LogP contribution is 1.92. The molecule has 0 heterocycles. The van der Waals surface area contributed by atoms with E-state index in [1.807, 2.05) is 0 Å². The Hall–Kier alpha value is -0.390. The Kier molecular flexibility index (Phi) is 5.10. The third-order valence-electron chi connectivity index (χ3n) is 0.868. The largest absolute Gasteiger partial charge is 0.283 e. The molecular weight excluding hydrogens is 166 g/mol. The normalized spacial score (nSPS) is 11.4. The van der Waals surface area contributed by atoms with E-state index in [1.165, 1.54) is 6.08 Å². The lowest BCUT2D eigenvalue weighted by atomic mass is 10.6. The average Bonchev–Trinajstić information content (AvgIpc) is 1.87. The molecule has 0 aromatic heterocycles. The van der Waals surface area contributed by atoms with E-state index < -0.39 is 10.1 Å². The highest BCUT2D eigenvalue weighted by molar-refractivity contribution is 7.86. The number of hydrogen-bond donors (Lipinski definition) is 1. The molecule has 66 valence electrons. The first-order valence-electron chi connectivity index (χ1n) is 3.37. The summed E-state index contributed by atoms with van der Waals surface area (Å²) in [6.45, 7) is 5.48. The van der Waals surface area contributed by atoms with Crippen molar-refractivity contribution in [2.45, 2.75) is 13.3 Å². The lowest BCUT2D eigenvalue weighted by Gasteiger charge is -2.01. The Morgan fingerprint density at radius 1 is 1.64 bits per heavy atom. The van der Waals surface area contributed by atoms with Crippen LogP contribution in [0.5, 0.6) is 0 Å². The molecule has 11 heavy (non-hydrogen) atoms. The molecule has 0 spiro atoms. The fourth-order valence-electron chi connectivity index (χ4n) is 0.474. The van der Waals surface area contributed by atoms with Gasteiger partial charge in [-0.05, 0) is 6.42 Å². The van der Waals surface area contributed by atoms with Crippen LogP contribution in [0.1, 0.15) is 13.3 Å². The van der Waals surface area contributed by atoms with Crippen LogP contribution in [0.15, 0.2) is 12.7 Å². The minimum absolute atomic E-state index is 0.0388. The molecule has 4 nitrogen and oxygen atoms in total. The Morgan fingerprint density at radius 2 is 2.27 bits per heavy atom. The average molecular weight is 179 g/mol. The molecular formula is C6H13NO3S. The smallest absolute Gasteiger partial charge is 0.198 e. The molecule has 0 aromatic rings. The van der Waals surface area contributed by atoms with Crippen molar-refractivity contribution in [1.82, 2.24) is 5.48 Å². The van der Waals surface area contributed by atoms with Gasteiger partial charge in [-0.3, -0.25) is 0 Å². The molecule has 0 fully saturated rings. The molecule has 0 unspecified atom stereocenters. The van der Waals surface area contributed by atoms with Gasteiger partial charge in [0.15, 0.2) is 0 Å². The minimum Gasteiger partial charge on any atom is -0.198 e. The molecule has 0 radical (unpaired) electrons. The summed E-state index contributed by atoms with van der Waals surface area (Å²) in [5.74, 6) is 0.0388. The van der Waals surface area contributed by atoms with Crippen molar-refractivity contribution in [3.05, 3.63) is 12.7 Å². The van der Waals surface area contributed by atoms with Crippen molar-refractivity contribution in [2.24, 2.45) is 0 Å². The summed E-state index contributed by atoms with van der Waals surface area (Å²) in [5.41, 5.74) is 2.25. The SMILES string of the molecule is C=CCNOS(=O)(=O)CCC. The van der Waals surface area contributed by atoms with Crippen LogP contribution in [0.2, 0.25) is 0 Å². The van der Waals surface area contributed by atoms with Gasteiger partial charge in [0.1, 0.15) is 0 Å². The number of hydroxylamine groups is 1. The summed E-state index contributed by atoms with van der Waals surface area (Å²) in [6, 6.07) is 0. The molecule has 0 rings (SSSR count). The molecule has 0 aliphatic heterocycles. The summed E-state index contributed by atoms with van der Waals surface area (Å²) in [4.78, 5) is 0. The summed E-state index contributed by atoms with van der Waals surface area (Å²) >= 11 is 0. The Bertz CT molecular complexity index is 198. The van der Waals surface area contributed by atoms with E-state index in [0.717, 1.165) is 0 Å². The maximum Gasteiger partial charge on any atom is 0.283 e. The van der Waals surface area contributed by atoms with Gasteiger partial charge in [0.25, 0.3) is 10.1 Å². The first kappa shape index (κ1) is 10.6. The summed E-state index contributed by atoms with van der Waals surface area (Å²) in [7, 11) is -3.36. The Balaban J connectivity index is 3.64. The van der Waals surface area contributed by atoms with Crippen LogP contribution in [0.25, 0.3) is 0 Å². The van der Waals surface area contributed by atoms with Gasteiger partial charge < -0.3 is 0 Å². The topological polar surface area (TPSA) is 55.4 Å². The van der Waals surface area contributed by atoms with Crippen LogP contribution in [0.4, 0.5) is 0 Å². The molecule has 0 atom stereocenters. The van der Waals surface area contributed by atoms with Crippen LogP contribution in [0, 0.1) is 0 Å². The second-order valence-corrected chi connectivity index (χ2v) is 3.67. The van der Waals surface area contributed by atoms with E-state index in [2.05, 4.69) is 16.3 Å². The predicted molar refractivity (Wildman–Crippen MR) is 43.4 cm³/mol. The Labute approximate surface area is 67.3 Å². The van der Waals surface area contributed by atoms with Gasteiger partial charge in [0, 0.05) is 6.54 Å². The lowest BCUT2D eigenvalue weighted by Crippen LogP contribution is -2.21. The highest BCUT2D eigenvalue weighted by Gasteiger charge is 2.07. The van der Waals surface area contributed by atoms with Gasteiger partial charge in [-0.1, -0.05) is 13.0 Å². The van der Waals surface area contributed by atoms with Gasteiger partial charge in [-0.15, -0.1) is 6.58 Å². The van der Waals surface area contributed by atoms with Crippen molar-refractivity contribution < 1.29 is 12.7 Å². The van der Waals surface area contributed by atoms with E-state index in [4.69, 9.17) is 0 Å². The van der Waals surface area contributed by atoms with E-state index in [1.54, 1.807) is 6.92 Å². The molecule has 0 saturated heterocycles. The summed E-state index contributed by atoms with van der Waals surface area (Å²) < 4.78 is 25.9. The van der Waals surface area contributed by atoms with Crippen molar-refractivity contribution in [2.75, 3.05) is 12.3 Å². The number of rotatable bonds is 6. The van der Waals surface area contributed by atoms with E-state index in [0.29, 0.717) is 13.0 Å². The fourth-order valence-corrected chi connectivity index (χ4v) is 1.31. The maximum atomic E-state index is 10.8. The summed E-state index contributed by atoms with van der Waals surface area (Å²) in [6.07, 6.45) is 2.07. The van der Waals surface area contributed by atoms with Gasteiger partial charge >= 0.3 is 0 Å². The third-order valence-corrected chi connectivity index (χ3v) is 2.15. The quantitative estimate of drug-likeness (QED) is 0.365. The Morgan fingerprint density at radius 3 is 2.73 bits per heavy atom. The zero-order valence-electron chi connectivity index (χ0n) is 6.54. The van der Waals surface area contributed by atoms with Crippen LogP contribution in [-0.2, 0) is 14.4 Å². The zero-order chi connectivity index (χ0) is 8.74. The van der Waals surface area contributed by atoms with Crippen molar-refractivity contribution in [1.29, 1.82) is 0 Å². The van der Waals surface area contributed by atoms with E-state index in [-0.39, 0.29) is 5.75 Å². The standard InChI is InChI=1S/C6H13NO3S/c1-3-5-7-10-11(8,9)6-4-2/h3,7H,1,4-6H2,2H3. The van der Waals surface area contributed by atoms with Gasteiger partial charge in [0.05, 0.1) is 5.75 Å². The third kappa shape index (κ3) is 6.03. The monoisotopic (exact) mass is 179 g/mol. The molecule has 0 aliphatic carbocycles. The van der Waals surface area contributed by atoms with Crippen LogP contribution in [0.3, 0.4) is 0 Å². The number of nitrogens with one attached hydrogen (secondary N) is 1. The first-order chi connectivity index (χ1) is 5.12. The molecule has 0 amide bonds. The first-order valence-corrected chi connectivity index (χ1v) is 4.95. The second-order valence-electron chi connectivity index (χ2n) is 1.98. The lowest BCUT2D eigenvalue weighted by molar-refractivity contribution is 0.217. The highest BCUT2D eigenvalue weighted by atomic mass is 32.2. The molecule has 5 heteroatoms. The molecule has 0 saturated carbocycles. The molecule has 0 aliphatic rings. The number of hydrogen-bond acceptors (Lipinski definition) is 4. The van der Waals surface area contributed by atoms with Crippen molar-refractivity contribution >= 4 is 10.1 Å². The molecule has 0 bridgehead atoms. The van der Waals surface area contributed by atoms with Crippen molar-refractivity contribution in [3.8, 4) is 0 Å². The van der Waals surface area contributed by atoms with Gasteiger partial charge in [0.2, 0.25) is 0 Å². The zero-order valence-corrected chi connectivity index (χ0v) is 7.36. The van der Waals surface area contributed by atoms with E-state index >= 15 is 0 Å². The predicted octanol–water partition coefficient (Wildman–Crippen LogP) is 0.433. The van der Waals surface area contributed by atoms with Gasteiger partial charge in [-0.2, -0.15) is 18.2 Å². The summed E-state index contributed by atoms with van der Waals surface area (Å²) in [5, 5.41) is 0.